The predicted octanol–water partition coefficient (Wildman–Crippen LogP) is -1.23. The summed E-state index contributed by atoms with van der Waals surface area (Å²) in [5.74, 6) is 0. The van der Waals surface area contributed by atoms with E-state index in [1.54, 1.807) is 0 Å². The topological polar surface area (TPSA) is 68.3 Å². The molecule has 0 amide bonds. The van der Waals surface area contributed by atoms with E-state index in [-0.39, 0.29) is 9.83 Å². The zero-order chi connectivity index (χ0) is 5.86. The monoisotopic (exact) mass is 162 g/mol. The third kappa shape index (κ3) is 6.25. The molecule has 0 fully saturated rings. The number of hydrogen-bond acceptors (Lipinski definition) is 5. The molecule has 4 nitrogen and oxygen atoms in total. The largest absolute Gasteiger partial charge is 0.220 e. The summed E-state index contributed by atoms with van der Waals surface area (Å²) in [4.78, 5) is 0. The lowest BCUT2D eigenvalue weighted by molar-refractivity contribution is 0.625. The summed E-state index contributed by atoms with van der Waals surface area (Å²) < 4.78 is 37.7. The summed E-state index contributed by atoms with van der Waals surface area (Å²) in [7, 11) is -5.72. The van der Waals surface area contributed by atoms with Gasteiger partial charge in [0, 0.05) is 0 Å². The Hall–Kier alpha value is 0.250. The lowest BCUT2D eigenvalue weighted by Crippen LogP contribution is -1.64. The molecule has 0 aromatic heterocycles. The van der Waals surface area contributed by atoms with E-state index < -0.39 is 19.5 Å². The summed E-state index contributed by atoms with van der Waals surface area (Å²) in [6.45, 7) is 0. The third-order valence-electron chi connectivity index (χ3n) is 0.133. The Bertz CT molecular complexity index is 135. The molecule has 44 valence electrons. The summed E-state index contributed by atoms with van der Waals surface area (Å²) in [6.07, 6.45) is 0. The number of hydrogen-bond donors (Lipinski definition) is 2. The van der Waals surface area contributed by atoms with Gasteiger partial charge < -0.3 is 0 Å². The quantitative estimate of drug-likeness (QED) is 0.393. The molecule has 0 unspecified atom stereocenters. The highest BCUT2D eigenvalue weighted by atomic mass is 33.5. The molecule has 0 aliphatic heterocycles. The van der Waals surface area contributed by atoms with E-state index in [1.807, 2.05) is 0 Å². The fraction of sp³-hybridized carbons (Fsp3) is 0. The highest BCUT2D eigenvalue weighted by molar-refractivity contribution is 8.96. The van der Waals surface area contributed by atoms with Crippen LogP contribution in [0.4, 0.5) is 0 Å². The summed E-state index contributed by atoms with van der Waals surface area (Å²) in [5, 5.41) is 0. The van der Waals surface area contributed by atoms with Crippen molar-refractivity contribution >= 4 is 29.3 Å². The van der Waals surface area contributed by atoms with Crippen molar-refractivity contribution in [2.24, 2.45) is 0 Å². The van der Waals surface area contributed by atoms with Crippen LogP contribution in [0.2, 0.25) is 0 Å². The first kappa shape index (κ1) is 7.25. The van der Waals surface area contributed by atoms with E-state index in [2.05, 4.69) is 0 Å². The van der Waals surface area contributed by atoms with E-state index in [4.69, 9.17) is 0 Å². The number of rotatable bonds is 2. The molecule has 0 aromatic carbocycles. The molecular weight excluding hydrogens is 160 g/mol. The van der Waals surface area contributed by atoms with Crippen molar-refractivity contribution in [3.8, 4) is 0 Å². The molecule has 0 saturated carbocycles. The summed E-state index contributed by atoms with van der Waals surface area (Å²) in [5.41, 5.74) is 0. The first-order valence-corrected chi connectivity index (χ1v) is 5.48. The normalized spacial score (nSPS) is 10.6. The average molecular weight is 162 g/mol. The predicted molar refractivity (Wildman–Crippen MR) is 28.2 cm³/mol. The van der Waals surface area contributed by atoms with Gasteiger partial charge in [-0.15, -0.1) is 0 Å². The van der Waals surface area contributed by atoms with Gasteiger partial charge in [0.2, 0.25) is 19.5 Å². The average Bonchev–Trinajstić information content (AvgIpc) is 1.27. The Kier molecular flexibility index (Phi) is 3.39. The van der Waals surface area contributed by atoms with Crippen molar-refractivity contribution in [2.75, 3.05) is 0 Å². The zero-order valence-corrected chi connectivity index (χ0v) is 5.54. The van der Waals surface area contributed by atoms with Gasteiger partial charge in [-0.1, -0.05) is 0 Å². The second kappa shape index (κ2) is 3.28. The van der Waals surface area contributed by atoms with Crippen LogP contribution in [0.15, 0.2) is 0 Å². The van der Waals surface area contributed by atoms with Crippen molar-refractivity contribution < 1.29 is 16.8 Å². The lowest BCUT2D eigenvalue weighted by atomic mass is 15.9. The standard InChI is InChI=1S/H2O4S3/c1-6(2)5-7(3)4/h6-7H. The molecule has 0 aromatic rings. The van der Waals surface area contributed by atoms with Gasteiger partial charge in [-0.05, 0) is 0 Å². The van der Waals surface area contributed by atoms with E-state index in [9.17, 15) is 16.8 Å². The van der Waals surface area contributed by atoms with Crippen LogP contribution in [-0.2, 0) is 19.5 Å². The molecule has 0 aliphatic carbocycles. The Morgan fingerprint density at radius 3 is 1.14 bits per heavy atom. The van der Waals surface area contributed by atoms with Gasteiger partial charge in [-0.25, -0.2) is 16.8 Å². The minimum absolute atomic E-state index is 0.0833. The van der Waals surface area contributed by atoms with Crippen molar-refractivity contribution in [2.45, 2.75) is 0 Å². The molecule has 0 heterocycles. The first-order chi connectivity index (χ1) is 3.13. The van der Waals surface area contributed by atoms with Crippen molar-refractivity contribution in [1.82, 2.24) is 0 Å². The van der Waals surface area contributed by atoms with Gasteiger partial charge >= 0.3 is 0 Å². The molecule has 0 N–H and O–H groups in total. The lowest BCUT2D eigenvalue weighted by Gasteiger charge is -1.64. The van der Waals surface area contributed by atoms with Crippen LogP contribution in [0.3, 0.4) is 0 Å². The minimum atomic E-state index is -2.82. The van der Waals surface area contributed by atoms with E-state index in [1.165, 1.54) is 0 Å². The van der Waals surface area contributed by atoms with Crippen LogP contribution in [0.25, 0.3) is 0 Å². The Labute approximate surface area is 46.6 Å². The molecule has 0 radical (unpaired) electrons. The van der Waals surface area contributed by atoms with Gasteiger partial charge in [0.05, 0.1) is 9.83 Å². The van der Waals surface area contributed by atoms with Gasteiger partial charge in [-0.3, -0.25) is 0 Å². The van der Waals surface area contributed by atoms with Crippen LogP contribution in [-0.4, -0.2) is 16.8 Å². The molecule has 0 spiro atoms. The Morgan fingerprint density at radius 2 is 1.14 bits per heavy atom. The molecule has 0 aliphatic rings. The molecule has 0 rings (SSSR count). The maximum atomic E-state index is 9.43. The molecule has 0 atom stereocenters. The maximum Gasteiger partial charge on any atom is 0.205 e. The molecule has 0 bridgehead atoms. The third-order valence-corrected chi connectivity index (χ3v) is 3.60. The number of thiol groups is 2. The molecule has 7 heavy (non-hydrogen) atoms. The minimum Gasteiger partial charge on any atom is -0.220 e. The van der Waals surface area contributed by atoms with E-state index in [0.29, 0.717) is 0 Å². The van der Waals surface area contributed by atoms with Crippen LogP contribution < -0.4 is 0 Å². The van der Waals surface area contributed by atoms with Gasteiger partial charge in [0.15, 0.2) is 0 Å². The van der Waals surface area contributed by atoms with Crippen LogP contribution in [0.5, 0.6) is 0 Å². The van der Waals surface area contributed by atoms with Crippen molar-refractivity contribution in [1.29, 1.82) is 0 Å². The van der Waals surface area contributed by atoms with E-state index in [0.717, 1.165) is 0 Å². The van der Waals surface area contributed by atoms with Crippen LogP contribution in [0.1, 0.15) is 0 Å². The highest BCUT2D eigenvalue weighted by Gasteiger charge is 1.84. The van der Waals surface area contributed by atoms with Crippen molar-refractivity contribution in [3.05, 3.63) is 0 Å². The molecular formula is H2O4S3. The maximum absolute atomic E-state index is 9.43. The van der Waals surface area contributed by atoms with Gasteiger partial charge in [0.1, 0.15) is 0 Å². The first-order valence-electron chi connectivity index (χ1n) is 1.10. The van der Waals surface area contributed by atoms with Gasteiger partial charge in [0.25, 0.3) is 0 Å². The second-order valence-corrected chi connectivity index (χ2v) is 5.34. The fourth-order valence-electron chi connectivity index (χ4n) is 0.0544. The molecule has 7 heteroatoms. The molecule has 0 saturated heterocycles. The smallest absolute Gasteiger partial charge is 0.205 e. The van der Waals surface area contributed by atoms with Gasteiger partial charge in [-0.2, -0.15) is 0 Å². The van der Waals surface area contributed by atoms with Crippen molar-refractivity contribution in [3.63, 3.8) is 0 Å². The summed E-state index contributed by atoms with van der Waals surface area (Å²) >= 11 is 0. The fourth-order valence-corrected chi connectivity index (χ4v) is 1.47. The SMILES string of the molecule is O=[SH](=O)S[SH](=O)=O. The summed E-state index contributed by atoms with van der Waals surface area (Å²) in [6, 6.07) is 0. The second-order valence-electron chi connectivity index (χ2n) is 0.529. The van der Waals surface area contributed by atoms with Crippen LogP contribution in [0, 0.1) is 0 Å². The Balaban J connectivity index is 3.77. The van der Waals surface area contributed by atoms with E-state index >= 15 is 0 Å². The highest BCUT2D eigenvalue weighted by Crippen LogP contribution is 1.96. The Morgan fingerprint density at radius 1 is 0.857 bits per heavy atom. The van der Waals surface area contributed by atoms with Crippen LogP contribution >= 0.6 is 9.83 Å². The zero-order valence-electron chi connectivity index (χ0n) is 2.94.